The third-order valence-corrected chi connectivity index (χ3v) is 3.18. The number of aromatic nitrogens is 2. The Morgan fingerprint density at radius 3 is 3.19 bits per heavy atom. The fourth-order valence-electron chi connectivity index (χ4n) is 1.36. The molecule has 2 aromatic rings. The monoisotopic (exact) mass is 258 g/mol. The highest BCUT2D eigenvalue weighted by molar-refractivity contribution is 7.17. The summed E-state index contributed by atoms with van der Waals surface area (Å²) in [6, 6.07) is 1.84. The summed E-state index contributed by atoms with van der Waals surface area (Å²) in [7, 11) is 0. The van der Waals surface area contributed by atoms with Crippen molar-refractivity contribution in [1.29, 1.82) is 0 Å². The maximum Gasteiger partial charge on any atom is 0.271 e. The van der Waals surface area contributed by atoms with Crippen LogP contribution in [-0.4, -0.2) is 28.6 Å². The molecule has 0 fully saturated rings. The first-order valence-corrected chi connectivity index (χ1v) is 6.30. The number of thiophene rings is 1. The molecule has 4 nitrogen and oxygen atoms in total. The van der Waals surface area contributed by atoms with E-state index in [9.17, 15) is 4.79 Å². The molecule has 0 N–H and O–H groups in total. The van der Waals surface area contributed by atoms with Gasteiger partial charge in [-0.25, -0.2) is 4.98 Å². The number of ether oxygens (including phenoxy) is 1. The summed E-state index contributed by atoms with van der Waals surface area (Å²) in [6.07, 6.45) is 1.56. The molecule has 0 aliphatic carbocycles. The van der Waals surface area contributed by atoms with Crippen molar-refractivity contribution in [3.05, 3.63) is 28.1 Å². The fourth-order valence-corrected chi connectivity index (χ4v) is 2.26. The van der Waals surface area contributed by atoms with Gasteiger partial charge in [0.15, 0.2) is 0 Å². The van der Waals surface area contributed by atoms with Crippen molar-refractivity contribution in [3.63, 3.8) is 0 Å². The van der Waals surface area contributed by atoms with Crippen LogP contribution in [0.25, 0.3) is 10.2 Å². The van der Waals surface area contributed by atoms with Crippen molar-refractivity contribution in [2.45, 2.75) is 6.54 Å². The lowest BCUT2D eigenvalue weighted by Crippen LogP contribution is -2.22. The molecule has 0 amide bonds. The molecule has 2 rings (SSSR count). The summed E-state index contributed by atoms with van der Waals surface area (Å²) < 4.78 is 7.48. The zero-order chi connectivity index (χ0) is 11.4. The quantitative estimate of drug-likeness (QED) is 0.606. The second kappa shape index (κ2) is 5.43. The topological polar surface area (TPSA) is 44.1 Å². The average molecular weight is 259 g/mol. The summed E-state index contributed by atoms with van der Waals surface area (Å²) in [6.45, 7) is 1.49. The van der Waals surface area contributed by atoms with Gasteiger partial charge in [-0.15, -0.1) is 22.9 Å². The Morgan fingerprint density at radius 2 is 2.38 bits per heavy atom. The van der Waals surface area contributed by atoms with Gasteiger partial charge in [0.05, 0.1) is 31.6 Å². The van der Waals surface area contributed by atoms with Gasteiger partial charge in [-0.3, -0.25) is 9.36 Å². The Morgan fingerprint density at radius 1 is 1.50 bits per heavy atom. The van der Waals surface area contributed by atoms with Crippen LogP contribution in [0.15, 0.2) is 22.6 Å². The molecule has 0 radical (unpaired) electrons. The van der Waals surface area contributed by atoms with Crippen LogP contribution in [0.4, 0.5) is 0 Å². The van der Waals surface area contributed by atoms with Gasteiger partial charge >= 0.3 is 0 Å². The SMILES string of the molecule is O=c1c2sccc2ncn1CCOCCCl. The van der Waals surface area contributed by atoms with Gasteiger partial charge in [0.2, 0.25) is 0 Å². The molecule has 0 saturated heterocycles. The molecule has 0 aliphatic heterocycles. The van der Waals surface area contributed by atoms with Crippen LogP contribution in [0.2, 0.25) is 0 Å². The van der Waals surface area contributed by atoms with Crippen LogP contribution in [0, 0.1) is 0 Å². The van der Waals surface area contributed by atoms with E-state index < -0.39 is 0 Å². The number of hydrogen-bond acceptors (Lipinski definition) is 4. The number of halogens is 1. The van der Waals surface area contributed by atoms with E-state index in [2.05, 4.69) is 4.98 Å². The van der Waals surface area contributed by atoms with Crippen molar-refractivity contribution in [2.24, 2.45) is 0 Å². The lowest BCUT2D eigenvalue weighted by Gasteiger charge is -2.05. The lowest BCUT2D eigenvalue weighted by molar-refractivity contribution is 0.140. The molecule has 0 aliphatic rings. The standard InChI is InChI=1S/C10H11ClN2O2S/c11-2-4-15-5-3-13-7-12-8-1-6-16-9(8)10(13)14/h1,6-7H,2-5H2. The smallest absolute Gasteiger partial charge is 0.271 e. The van der Waals surface area contributed by atoms with Gasteiger partial charge in [-0.1, -0.05) is 0 Å². The Labute approximate surface area is 101 Å². The van der Waals surface area contributed by atoms with E-state index in [1.54, 1.807) is 10.9 Å². The minimum atomic E-state index is -0.00512. The number of hydrogen-bond donors (Lipinski definition) is 0. The van der Waals surface area contributed by atoms with Gasteiger partial charge in [-0.05, 0) is 11.4 Å². The highest BCUT2D eigenvalue weighted by atomic mass is 35.5. The van der Waals surface area contributed by atoms with Crippen LogP contribution in [0.1, 0.15) is 0 Å². The van der Waals surface area contributed by atoms with Crippen LogP contribution in [0.3, 0.4) is 0 Å². The minimum absolute atomic E-state index is 0.00512. The summed E-state index contributed by atoms with van der Waals surface area (Å²) in [5.74, 6) is 0.469. The van der Waals surface area contributed by atoms with Crippen molar-refractivity contribution in [3.8, 4) is 0 Å². The maximum atomic E-state index is 11.9. The maximum absolute atomic E-state index is 11.9. The summed E-state index contributed by atoms with van der Waals surface area (Å²) in [5, 5.41) is 1.87. The summed E-state index contributed by atoms with van der Waals surface area (Å²) >= 11 is 6.89. The van der Waals surface area contributed by atoms with E-state index in [1.165, 1.54) is 11.3 Å². The Bertz CT molecular complexity index is 523. The molecule has 0 spiro atoms. The predicted molar refractivity (Wildman–Crippen MR) is 65.4 cm³/mol. The summed E-state index contributed by atoms with van der Waals surface area (Å²) in [4.78, 5) is 16.1. The predicted octanol–water partition coefficient (Wildman–Crippen LogP) is 1.71. The largest absolute Gasteiger partial charge is 0.378 e. The molecule has 16 heavy (non-hydrogen) atoms. The second-order valence-corrected chi connectivity index (χ2v) is 4.47. The van der Waals surface area contributed by atoms with E-state index in [4.69, 9.17) is 16.3 Å². The van der Waals surface area contributed by atoms with E-state index in [0.717, 1.165) is 5.52 Å². The zero-order valence-electron chi connectivity index (χ0n) is 8.56. The zero-order valence-corrected chi connectivity index (χ0v) is 10.1. The van der Waals surface area contributed by atoms with Crippen LogP contribution in [-0.2, 0) is 11.3 Å². The van der Waals surface area contributed by atoms with E-state index in [0.29, 0.717) is 30.3 Å². The molecule has 2 aromatic heterocycles. The van der Waals surface area contributed by atoms with Crippen molar-refractivity contribution < 1.29 is 4.74 Å². The molecule has 0 saturated carbocycles. The number of nitrogens with zero attached hydrogens (tertiary/aromatic N) is 2. The molecule has 86 valence electrons. The molecule has 0 unspecified atom stereocenters. The molecule has 2 heterocycles. The average Bonchev–Trinajstić information content (AvgIpc) is 2.76. The third kappa shape index (κ3) is 2.42. The minimum Gasteiger partial charge on any atom is -0.378 e. The van der Waals surface area contributed by atoms with Crippen molar-refractivity contribution in [2.75, 3.05) is 19.1 Å². The Balaban J connectivity index is 2.12. The van der Waals surface area contributed by atoms with Crippen molar-refractivity contribution >= 4 is 33.2 Å². The normalized spacial score (nSPS) is 11.1. The van der Waals surface area contributed by atoms with Gasteiger partial charge in [-0.2, -0.15) is 0 Å². The van der Waals surface area contributed by atoms with Crippen LogP contribution < -0.4 is 5.56 Å². The second-order valence-electron chi connectivity index (χ2n) is 3.18. The van der Waals surface area contributed by atoms with Gasteiger partial charge < -0.3 is 4.74 Å². The van der Waals surface area contributed by atoms with E-state index in [1.807, 2.05) is 11.4 Å². The van der Waals surface area contributed by atoms with E-state index >= 15 is 0 Å². The first-order valence-electron chi connectivity index (χ1n) is 4.89. The van der Waals surface area contributed by atoms with E-state index in [-0.39, 0.29) is 5.56 Å². The molecular weight excluding hydrogens is 248 g/mol. The lowest BCUT2D eigenvalue weighted by atomic mass is 10.4. The molecular formula is C10H11ClN2O2S. The van der Waals surface area contributed by atoms with Gasteiger partial charge in [0, 0.05) is 5.88 Å². The summed E-state index contributed by atoms with van der Waals surface area (Å²) in [5.41, 5.74) is 0.752. The molecule has 0 atom stereocenters. The Kier molecular flexibility index (Phi) is 3.93. The van der Waals surface area contributed by atoms with Gasteiger partial charge in [0.1, 0.15) is 4.70 Å². The highest BCUT2D eigenvalue weighted by Crippen LogP contribution is 2.12. The molecule has 0 bridgehead atoms. The number of alkyl halides is 1. The number of rotatable bonds is 5. The van der Waals surface area contributed by atoms with Crippen LogP contribution >= 0.6 is 22.9 Å². The Hall–Kier alpha value is -0.910. The molecule has 0 aromatic carbocycles. The van der Waals surface area contributed by atoms with Crippen molar-refractivity contribution in [1.82, 2.24) is 9.55 Å². The number of fused-ring (bicyclic) bond motifs is 1. The first-order chi connectivity index (χ1) is 7.83. The van der Waals surface area contributed by atoms with Gasteiger partial charge in [0.25, 0.3) is 5.56 Å². The fraction of sp³-hybridized carbons (Fsp3) is 0.400. The molecule has 6 heteroatoms. The first kappa shape index (κ1) is 11.6. The third-order valence-electron chi connectivity index (χ3n) is 2.13. The van der Waals surface area contributed by atoms with Crippen LogP contribution in [0.5, 0.6) is 0 Å². The highest BCUT2D eigenvalue weighted by Gasteiger charge is 2.04.